The number of ether oxygens (including phenoxy) is 1. The molecule has 0 aromatic heterocycles. The maximum Gasteiger partial charge on any atom is 0.475 e. The fraction of sp³-hybridized carbons (Fsp3) is 0.667. The van der Waals surface area contributed by atoms with Crippen LogP contribution in [0.25, 0.3) is 0 Å². The van der Waals surface area contributed by atoms with Gasteiger partial charge < -0.3 is 30.1 Å². The number of nitrogens with zero attached hydrogens (tertiary/aromatic N) is 3. The normalized spacial score (nSPS) is 17.7. The van der Waals surface area contributed by atoms with Crippen LogP contribution in [0.5, 0.6) is 0 Å². The van der Waals surface area contributed by atoms with Crippen LogP contribution in [-0.4, -0.2) is 94.9 Å². The second-order valence-electron chi connectivity index (χ2n) is 10.5. The van der Waals surface area contributed by atoms with Crippen molar-refractivity contribution in [2.24, 2.45) is 5.92 Å². The first-order valence-electron chi connectivity index (χ1n) is 13.4. The Labute approximate surface area is 227 Å². The van der Waals surface area contributed by atoms with Gasteiger partial charge in [-0.25, -0.2) is 4.79 Å². The first-order chi connectivity index (χ1) is 18.0. The summed E-state index contributed by atoms with van der Waals surface area (Å²) in [4.78, 5) is 26.2. The van der Waals surface area contributed by atoms with Gasteiger partial charge in [0.1, 0.15) is 5.92 Å². The van der Waals surface area contributed by atoms with Crippen LogP contribution in [0.2, 0.25) is 0 Å². The number of carbonyl (C=O) groups is 2. The molecule has 212 valence electrons. The Hall–Kier alpha value is -2.65. The van der Waals surface area contributed by atoms with Crippen molar-refractivity contribution in [2.45, 2.75) is 71.3 Å². The van der Waals surface area contributed by atoms with Crippen molar-refractivity contribution in [1.29, 1.82) is 5.26 Å². The zero-order valence-electron chi connectivity index (χ0n) is 23.3. The molecule has 3 rings (SSSR count). The Morgan fingerprint density at radius 3 is 2.03 bits per heavy atom. The lowest BCUT2D eigenvalue weighted by Gasteiger charge is -2.38. The third-order valence-corrected chi connectivity index (χ3v) is 6.41. The topological polar surface area (TPSA) is 146 Å². The van der Waals surface area contributed by atoms with Gasteiger partial charge in [0.25, 0.3) is 0 Å². The molecule has 2 amide bonds. The van der Waals surface area contributed by atoms with Crippen molar-refractivity contribution in [3.63, 3.8) is 0 Å². The monoisotopic (exact) mass is 532 g/mol. The van der Waals surface area contributed by atoms with Gasteiger partial charge in [0.05, 0.1) is 25.2 Å². The summed E-state index contributed by atoms with van der Waals surface area (Å²) in [7, 11) is -1.71. The Bertz CT molecular complexity index is 845. The van der Waals surface area contributed by atoms with Crippen molar-refractivity contribution in [3.8, 4) is 6.07 Å². The molecule has 10 nitrogen and oxygen atoms in total. The highest BCUT2D eigenvalue weighted by Gasteiger charge is 2.25. The highest BCUT2D eigenvalue weighted by atomic mass is 16.5. The predicted octanol–water partition coefficient (Wildman–Crippen LogP) is 2.54. The predicted molar refractivity (Wildman–Crippen MR) is 147 cm³/mol. The maximum atomic E-state index is 11.6. The minimum atomic E-state index is -1.71. The molecule has 0 bridgehead atoms. The summed E-state index contributed by atoms with van der Waals surface area (Å²) < 4.78 is 5.25. The molecule has 2 fully saturated rings. The number of morpholine rings is 1. The minimum Gasteiger partial charge on any atom is -0.465 e. The van der Waals surface area contributed by atoms with Crippen molar-refractivity contribution in [3.05, 3.63) is 35.9 Å². The van der Waals surface area contributed by atoms with Crippen LogP contribution in [-0.2, 0) is 16.0 Å². The zero-order chi connectivity index (χ0) is 28.6. The second-order valence-corrected chi connectivity index (χ2v) is 10.5. The third-order valence-electron chi connectivity index (χ3n) is 6.41. The maximum absolute atomic E-state index is 11.6. The van der Waals surface area contributed by atoms with Crippen LogP contribution in [0.4, 0.5) is 4.79 Å². The summed E-state index contributed by atoms with van der Waals surface area (Å²) in [6.45, 7) is 14.1. The van der Waals surface area contributed by atoms with Crippen molar-refractivity contribution in [2.75, 3.05) is 39.4 Å². The quantitative estimate of drug-likeness (QED) is 0.423. The Kier molecular flexibility index (Phi) is 15.6. The van der Waals surface area contributed by atoms with Gasteiger partial charge in [-0.2, -0.15) is 5.26 Å². The lowest BCUT2D eigenvalue weighted by molar-refractivity contribution is -0.133. The van der Waals surface area contributed by atoms with Crippen LogP contribution in [0.3, 0.4) is 0 Å². The number of likely N-dealkylation sites (tertiary alicyclic amines) is 1. The Morgan fingerprint density at radius 1 is 1.05 bits per heavy atom. The molecule has 4 N–H and O–H groups in total. The van der Waals surface area contributed by atoms with Gasteiger partial charge in [0.2, 0.25) is 5.91 Å². The van der Waals surface area contributed by atoms with Gasteiger partial charge in [-0.05, 0) is 52.5 Å². The number of benzene rings is 1. The van der Waals surface area contributed by atoms with Gasteiger partial charge in [-0.1, -0.05) is 43.2 Å². The number of hydrogen-bond donors (Lipinski definition) is 4. The molecule has 0 spiro atoms. The van der Waals surface area contributed by atoms with Gasteiger partial charge >= 0.3 is 13.2 Å². The average molecular weight is 532 g/mol. The van der Waals surface area contributed by atoms with Crippen LogP contribution >= 0.6 is 0 Å². The Balaban J connectivity index is 0.000000291. The molecule has 1 aromatic rings. The molecule has 2 heterocycles. The SMILES string of the molecule is CC(C#N)C(=O)N1CCCCCC1.CC(C)(C)N1CCOCC1.O=C(O)NC(Cc1ccccc1)B(O)O. The van der Waals surface area contributed by atoms with E-state index >= 15 is 0 Å². The van der Waals surface area contributed by atoms with E-state index in [0.29, 0.717) is 5.54 Å². The van der Waals surface area contributed by atoms with E-state index < -0.39 is 25.1 Å². The molecule has 0 saturated carbocycles. The first-order valence-corrected chi connectivity index (χ1v) is 13.4. The summed E-state index contributed by atoms with van der Waals surface area (Å²) in [5, 5.41) is 37.0. The fourth-order valence-corrected chi connectivity index (χ4v) is 4.11. The van der Waals surface area contributed by atoms with E-state index in [1.54, 1.807) is 31.2 Å². The minimum absolute atomic E-state index is 0.00407. The van der Waals surface area contributed by atoms with Crippen molar-refractivity contribution < 1.29 is 29.5 Å². The molecule has 2 saturated heterocycles. The molecular weight excluding hydrogens is 487 g/mol. The average Bonchev–Trinajstić information content (AvgIpc) is 3.18. The summed E-state index contributed by atoms with van der Waals surface area (Å²) in [6.07, 6.45) is 3.57. The molecule has 2 aliphatic rings. The number of rotatable bonds is 5. The lowest BCUT2D eigenvalue weighted by atomic mass is 9.76. The first kappa shape index (κ1) is 33.4. The molecule has 11 heteroatoms. The van der Waals surface area contributed by atoms with Gasteiger partial charge in [-0.3, -0.25) is 9.69 Å². The van der Waals surface area contributed by atoms with E-state index in [1.165, 1.54) is 12.8 Å². The molecule has 2 atom stereocenters. The molecule has 0 radical (unpaired) electrons. The molecule has 0 aliphatic carbocycles. The number of amides is 2. The fourth-order valence-electron chi connectivity index (χ4n) is 4.11. The summed E-state index contributed by atoms with van der Waals surface area (Å²) in [5.41, 5.74) is 1.16. The van der Waals surface area contributed by atoms with E-state index in [4.69, 9.17) is 25.2 Å². The van der Waals surface area contributed by atoms with E-state index in [1.807, 2.05) is 22.4 Å². The van der Waals surface area contributed by atoms with Crippen LogP contribution in [0.1, 0.15) is 58.9 Å². The van der Waals surface area contributed by atoms with E-state index in [9.17, 15) is 9.59 Å². The van der Waals surface area contributed by atoms with Gasteiger partial charge in [0.15, 0.2) is 0 Å². The lowest BCUT2D eigenvalue weighted by Crippen LogP contribution is -2.47. The van der Waals surface area contributed by atoms with Crippen LogP contribution in [0, 0.1) is 17.2 Å². The summed E-state index contributed by atoms with van der Waals surface area (Å²) >= 11 is 0. The highest BCUT2D eigenvalue weighted by Crippen LogP contribution is 2.14. The molecular formula is C27H45BN4O6. The molecule has 2 unspecified atom stereocenters. The number of hydrogen-bond acceptors (Lipinski definition) is 7. The summed E-state index contributed by atoms with van der Waals surface area (Å²) in [5.74, 6) is -1.38. The van der Waals surface area contributed by atoms with Crippen LogP contribution < -0.4 is 5.32 Å². The number of nitrogens with one attached hydrogen (secondary N) is 1. The second kappa shape index (κ2) is 17.8. The number of nitriles is 1. The standard InChI is InChI=1S/C10H16N2O.C9H12BNO4.C8H17NO/c1-9(8-11)10(13)12-6-4-2-3-5-7-12;12-9(13)11-8(10(14)15)6-7-4-2-1-3-5-7;1-8(2,3)9-4-6-10-7-5-9/h9H,2-7H2,1H3;1-5,8,11,14-15H,6H2,(H,12,13);4-7H2,1-3H3. The van der Waals surface area contributed by atoms with Crippen molar-refractivity contribution >= 4 is 19.1 Å². The van der Waals surface area contributed by atoms with E-state index in [-0.39, 0.29) is 12.3 Å². The Morgan fingerprint density at radius 2 is 1.61 bits per heavy atom. The number of carbonyl (C=O) groups excluding carboxylic acids is 1. The van der Waals surface area contributed by atoms with Crippen molar-refractivity contribution in [1.82, 2.24) is 15.1 Å². The van der Waals surface area contributed by atoms with Crippen LogP contribution in [0.15, 0.2) is 30.3 Å². The van der Waals surface area contributed by atoms with Gasteiger partial charge in [-0.15, -0.1) is 0 Å². The smallest absolute Gasteiger partial charge is 0.465 e. The van der Waals surface area contributed by atoms with Gasteiger partial charge in [0, 0.05) is 31.7 Å². The third kappa shape index (κ3) is 13.8. The number of carboxylic acid groups (broad SMARTS) is 1. The molecule has 1 aromatic carbocycles. The molecule has 38 heavy (non-hydrogen) atoms. The van der Waals surface area contributed by atoms with E-state index in [0.717, 1.165) is 57.8 Å². The summed E-state index contributed by atoms with van der Waals surface area (Å²) in [6, 6.07) is 11.0. The van der Waals surface area contributed by atoms with E-state index in [2.05, 4.69) is 25.7 Å². The molecule has 2 aliphatic heterocycles. The largest absolute Gasteiger partial charge is 0.475 e. The highest BCUT2D eigenvalue weighted by molar-refractivity contribution is 6.43. The zero-order valence-corrected chi connectivity index (χ0v) is 23.3.